The Morgan fingerprint density at radius 2 is 1.22 bits per heavy atom. The second kappa shape index (κ2) is 13.5. The van der Waals surface area contributed by atoms with E-state index in [4.69, 9.17) is 15.3 Å². The monoisotopic (exact) mass is 497 g/mol. The van der Waals surface area contributed by atoms with E-state index in [1.807, 2.05) is 18.4 Å². The van der Waals surface area contributed by atoms with E-state index in [0.29, 0.717) is 10.6 Å². The number of hydrogen-bond acceptors (Lipinski definition) is 8. The number of rotatable bonds is 4. The molecule has 0 fully saturated rings. The van der Waals surface area contributed by atoms with Crippen molar-refractivity contribution in [3.05, 3.63) is 76.8 Å². The normalized spacial score (nSPS) is 11.7. The third kappa shape index (κ3) is 9.50. The third-order valence-electron chi connectivity index (χ3n) is 3.72. The van der Waals surface area contributed by atoms with Crippen LogP contribution in [0.15, 0.2) is 81.4 Å². The Morgan fingerprint density at radius 1 is 0.781 bits per heavy atom. The van der Waals surface area contributed by atoms with E-state index in [2.05, 4.69) is 0 Å². The second-order valence-corrected chi connectivity index (χ2v) is 9.65. The molecule has 0 aliphatic carbocycles. The molecule has 0 amide bonds. The molecule has 2 unspecified atom stereocenters. The fraction of sp³-hybridized carbons (Fsp3) is 0.143. The summed E-state index contributed by atoms with van der Waals surface area (Å²) >= 11 is 1.67. The summed E-state index contributed by atoms with van der Waals surface area (Å²) in [6.07, 6.45) is 5.02. The Labute approximate surface area is 195 Å². The molecule has 3 aromatic rings. The first-order valence-electron chi connectivity index (χ1n) is 8.81. The van der Waals surface area contributed by atoms with Crippen molar-refractivity contribution in [1.82, 2.24) is 0 Å². The molecule has 3 rings (SSSR count). The molecule has 0 radical (unpaired) electrons. The zero-order chi connectivity index (χ0) is 24.3. The van der Waals surface area contributed by atoms with Gasteiger partial charge in [-0.2, -0.15) is 0 Å². The molecular weight excluding hydrogens is 474 g/mol. The zero-order valence-electron chi connectivity index (χ0n) is 17.5. The molecule has 0 bridgehead atoms. The van der Waals surface area contributed by atoms with Crippen LogP contribution >= 0.6 is 11.8 Å². The summed E-state index contributed by atoms with van der Waals surface area (Å²) in [5.74, 6) is 0.112. The van der Waals surface area contributed by atoms with Gasteiger partial charge >= 0.3 is 5.69 Å². The van der Waals surface area contributed by atoms with Crippen LogP contribution in [0.5, 0.6) is 17.2 Å². The third-order valence-corrected chi connectivity index (χ3v) is 6.31. The van der Waals surface area contributed by atoms with E-state index in [1.165, 1.54) is 29.4 Å². The molecule has 8 nitrogen and oxygen atoms in total. The van der Waals surface area contributed by atoms with Gasteiger partial charge in [-0.05, 0) is 66.9 Å². The first kappa shape index (κ1) is 27.1. The number of nitro groups is 1. The summed E-state index contributed by atoms with van der Waals surface area (Å²) in [6, 6.07) is 17.1. The highest BCUT2D eigenvalue weighted by molar-refractivity contribution is 7.98. The first-order valence-corrected chi connectivity index (χ1v) is 13.2. The lowest BCUT2D eigenvalue weighted by molar-refractivity contribution is -0.386. The smallest absolute Gasteiger partial charge is 0.311 e. The highest BCUT2D eigenvalue weighted by Gasteiger charge is 2.14. The number of aromatic hydroxyl groups is 3. The number of thioether (sulfide) groups is 1. The lowest BCUT2D eigenvalue weighted by Gasteiger charge is -1.98. The molecular formula is C21H23NO7S3. The average Bonchev–Trinajstić information content (AvgIpc) is 2.75. The Morgan fingerprint density at radius 3 is 1.62 bits per heavy atom. The van der Waals surface area contributed by atoms with Crippen LogP contribution < -0.4 is 0 Å². The number of benzene rings is 3. The summed E-state index contributed by atoms with van der Waals surface area (Å²) in [7, 11) is -2.23. The number of hydrogen-bond donors (Lipinski definition) is 3. The fourth-order valence-corrected chi connectivity index (χ4v) is 3.51. The summed E-state index contributed by atoms with van der Waals surface area (Å²) in [5, 5.41) is 37.1. The molecule has 32 heavy (non-hydrogen) atoms. The van der Waals surface area contributed by atoms with Crippen molar-refractivity contribution in [1.29, 1.82) is 0 Å². The van der Waals surface area contributed by atoms with E-state index in [0.717, 1.165) is 17.0 Å². The van der Waals surface area contributed by atoms with Gasteiger partial charge in [0.2, 0.25) is 0 Å². The minimum absolute atomic E-state index is 0.203. The highest BCUT2D eigenvalue weighted by atomic mass is 32.2. The van der Waals surface area contributed by atoms with Gasteiger partial charge < -0.3 is 15.3 Å². The van der Waals surface area contributed by atoms with Crippen molar-refractivity contribution in [3.63, 3.8) is 0 Å². The topological polar surface area (TPSA) is 138 Å². The summed E-state index contributed by atoms with van der Waals surface area (Å²) in [4.78, 5) is 11.9. The van der Waals surface area contributed by atoms with E-state index in [1.54, 1.807) is 42.3 Å². The molecule has 172 valence electrons. The molecule has 0 aliphatic rings. The fourth-order valence-electron chi connectivity index (χ4n) is 2.05. The lowest BCUT2D eigenvalue weighted by atomic mass is 10.3. The zero-order valence-corrected chi connectivity index (χ0v) is 19.9. The standard InChI is InChI=1S/C7H7NO4S.C7H8O2S.C7H8OS/c1-13(12)5-2-3-7(9)6(4-5)8(10)11;1-10(9)7-4-2-6(8)3-5-7;1-9-7-4-2-6(8)3-5-7/h2-4,9H,1H3;2-5,8H,1H3;2-5,8H,1H3. The molecule has 3 N–H and O–H groups in total. The van der Waals surface area contributed by atoms with Crippen molar-refractivity contribution < 1.29 is 28.7 Å². The molecule has 0 aliphatic heterocycles. The molecule has 0 aromatic heterocycles. The van der Waals surface area contributed by atoms with Crippen LogP contribution in [0.1, 0.15) is 0 Å². The van der Waals surface area contributed by atoms with Crippen molar-refractivity contribution in [2.75, 3.05) is 18.8 Å². The number of nitrogens with zero attached hydrogens (tertiary/aromatic N) is 1. The van der Waals surface area contributed by atoms with Gasteiger partial charge in [0, 0.05) is 44.1 Å². The summed E-state index contributed by atoms with van der Waals surface area (Å²) in [5.41, 5.74) is -0.423. The SMILES string of the molecule is CS(=O)c1ccc(O)c([N+](=O)[O-])c1.CS(=O)c1ccc(O)cc1.CSc1ccc(O)cc1. The second-order valence-electron chi connectivity index (χ2n) is 6.01. The van der Waals surface area contributed by atoms with Crippen molar-refractivity contribution in [2.24, 2.45) is 0 Å². The lowest BCUT2D eigenvalue weighted by Crippen LogP contribution is -1.92. The van der Waals surface area contributed by atoms with Crippen LogP contribution in [-0.2, 0) is 21.6 Å². The summed E-state index contributed by atoms with van der Waals surface area (Å²) < 4.78 is 21.7. The Bertz CT molecular complexity index is 1070. The van der Waals surface area contributed by atoms with Crippen LogP contribution in [0.25, 0.3) is 0 Å². The average molecular weight is 498 g/mol. The van der Waals surface area contributed by atoms with Crippen LogP contribution in [0, 0.1) is 10.1 Å². The van der Waals surface area contributed by atoms with E-state index in [-0.39, 0.29) is 5.75 Å². The van der Waals surface area contributed by atoms with Gasteiger partial charge in [-0.15, -0.1) is 11.8 Å². The Balaban J connectivity index is 0.000000245. The van der Waals surface area contributed by atoms with Crippen LogP contribution in [0.3, 0.4) is 0 Å². The van der Waals surface area contributed by atoms with Crippen molar-refractivity contribution >= 4 is 39.0 Å². The van der Waals surface area contributed by atoms with Gasteiger partial charge in [0.05, 0.1) is 15.7 Å². The Hall–Kier alpha value is -2.89. The number of phenols is 3. The maximum atomic E-state index is 10.9. The maximum absolute atomic E-state index is 10.9. The highest BCUT2D eigenvalue weighted by Crippen LogP contribution is 2.27. The van der Waals surface area contributed by atoms with Gasteiger partial charge in [0.1, 0.15) is 11.5 Å². The van der Waals surface area contributed by atoms with Crippen LogP contribution in [-0.4, -0.2) is 47.4 Å². The minimum Gasteiger partial charge on any atom is -0.508 e. The van der Waals surface area contributed by atoms with E-state index >= 15 is 0 Å². The van der Waals surface area contributed by atoms with Gasteiger partial charge in [-0.25, -0.2) is 0 Å². The van der Waals surface area contributed by atoms with Gasteiger partial charge in [-0.1, -0.05) is 0 Å². The minimum atomic E-state index is -1.28. The van der Waals surface area contributed by atoms with Gasteiger partial charge in [-0.3, -0.25) is 18.5 Å². The number of nitro benzene ring substituents is 1. The predicted molar refractivity (Wildman–Crippen MR) is 127 cm³/mol. The quantitative estimate of drug-likeness (QED) is 0.276. The maximum Gasteiger partial charge on any atom is 0.311 e. The van der Waals surface area contributed by atoms with Gasteiger partial charge in [0.25, 0.3) is 0 Å². The predicted octanol–water partition coefficient (Wildman–Crippen LogP) is 4.28. The first-order chi connectivity index (χ1) is 15.0. The Kier molecular flexibility index (Phi) is 11.5. The van der Waals surface area contributed by atoms with Crippen molar-refractivity contribution in [3.8, 4) is 17.2 Å². The van der Waals surface area contributed by atoms with Crippen molar-refractivity contribution in [2.45, 2.75) is 14.7 Å². The molecule has 2 atom stereocenters. The van der Waals surface area contributed by atoms with E-state index in [9.17, 15) is 18.5 Å². The molecule has 0 saturated carbocycles. The van der Waals surface area contributed by atoms with Crippen LogP contribution in [0.2, 0.25) is 0 Å². The molecule has 3 aromatic carbocycles. The van der Waals surface area contributed by atoms with Gasteiger partial charge in [0.15, 0.2) is 5.75 Å². The largest absolute Gasteiger partial charge is 0.508 e. The molecule has 0 heterocycles. The molecule has 11 heteroatoms. The molecule has 0 saturated heterocycles. The van der Waals surface area contributed by atoms with E-state index < -0.39 is 38.0 Å². The summed E-state index contributed by atoms with van der Waals surface area (Å²) in [6.45, 7) is 0. The molecule has 0 spiro atoms. The number of phenolic OH excluding ortho intramolecular Hbond substituents is 3. The van der Waals surface area contributed by atoms with Crippen LogP contribution in [0.4, 0.5) is 5.69 Å².